The fraction of sp³-hybridized carbons (Fsp3) is 0.636. The zero-order valence-corrected chi connectivity index (χ0v) is 17.5. The fourth-order valence-corrected chi connectivity index (χ4v) is 3.66. The molecule has 3 rings (SSSR count). The Morgan fingerprint density at radius 3 is 2.39 bits per heavy atom. The summed E-state index contributed by atoms with van der Waals surface area (Å²) < 4.78 is 35.7. The third-order valence-electron chi connectivity index (χ3n) is 4.95. The maximum Gasteiger partial charge on any atom is 0.164 e. The van der Waals surface area contributed by atoms with E-state index in [-0.39, 0.29) is 24.4 Å². The second-order valence-corrected chi connectivity index (χ2v) is 8.15. The van der Waals surface area contributed by atoms with Crippen molar-refractivity contribution < 1.29 is 28.4 Å². The molecular formula is C22H32O6. The molecular weight excluding hydrogens is 360 g/mol. The average molecular weight is 392 g/mol. The summed E-state index contributed by atoms with van der Waals surface area (Å²) in [5.41, 5.74) is 1.06. The van der Waals surface area contributed by atoms with E-state index >= 15 is 0 Å². The lowest BCUT2D eigenvalue weighted by Crippen LogP contribution is -2.44. The Labute approximate surface area is 167 Å². The van der Waals surface area contributed by atoms with Crippen LogP contribution in [0.2, 0.25) is 0 Å². The van der Waals surface area contributed by atoms with E-state index in [9.17, 15) is 0 Å². The predicted octanol–water partition coefficient (Wildman–Crippen LogP) is 3.83. The van der Waals surface area contributed by atoms with Crippen molar-refractivity contribution in [3.63, 3.8) is 0 Å². The lowest BCUT2D eigenvalue weighted by molar-refractivity contribution is -0.175. The van der Waals surface area contributed by atoms with Gasteiger partial charge in [-0.05, 0) is 51.8 Å². The minimum absolute atomic E-state index is 0.210. The van der Waals surface area contributed by atoms with Crippen LogP contribution in [0, 0.1) is 0 Å². The first-order valence-corrected chi connectivity index (χ1v) is 9.76. The molecule has 0 aromatic heterocycles. The van der Waals surface area contributed by atoms with Crippen LogP contribution in [0.4, 0.5) is 0 Å². The van der Waals surface area contributed by atoms with E-state index in [1.54, 1.807) is 7.11 Å². The zero-order valence-electron chi connectivity index (χ0n) is 17.5. The van der Waals surface area contributed by atoms with Crippen molar-refractivity contribution in [3.8, 4) is 5.75 Å². The highest BCUT2D eigenvalue weighted by Gasteiger charge is 2.52. The van der Waals surface area contributed by atoms with E-state index in [0.29, 0.717) is 19.6 Å². The van der Waals surface area contributed by atoms with Crippen LogP contribution >= 0.6 is 0 Å². The van der Waals surface area contributed by atoms with Crippen LogP contribution < -0.4 is 4.74 Å². The van der Waals surface area contributed by atoms with Crippen LogP contribution in [0.15, 0.2) is 36.9 Å². The number of benzene rings is 1. The first-order chi connectivity index (χ1) is 13.2. The monoisotopic (exact) mass is 392 g/mol. The molecule has 0 bridgehead atoms. The molecule has 1 aromatic carbocycles. The molecule has 6 nitrogen and oxygen atoms in total. The first-order valence-electron chi connectivity index (χ1n) is 9.76. The van der Waals surface area contributed by atoms with Gasteiger partial charge < -0.3 is 28.4 Å². The van der Waals surface area contributed by atoms with Crippen molar-refractivity contribution in [1.82, 2.24) is 0 Å². The molecule has 0 saturated carbocycles. The largest absolute Gasteiger partial charge is 0.497 e. The third kappa shape index (κ3) is 5.13. The van der Waals surface area contributed by atoms with Gasteiger partial charge in [-0.2, -0.15) is 0 Å². The highest BCUT2D eigenvalue weighted by molar-refractivity contribution is 5.26. The second kappa shape index (κ2) is 8.51. The van der Waals surface area contributed by atoms with Gasteiger partial charge in [0.15, 0.2) is 11.6 Å². The van der Waals surface area contributed by atoms with Gasteiger partial charge in [0.2, 0.25) is 0 Å². The van der Waals surface area contributed by atoms with Crippen LogP contribution in [0.3, 0.4) is 0 Å². The summed E-state index contributed by atoms with van der Waals surface area (Å²) in [6.45, 7) is 12.4. The van der Waals surface area contributed by atoms with Gasteiger partial charge in [-0.3, -0.25) is 0 Å². The van der Waals surface area contributed by atoms with Gasteiger partial charge in [-0.25, -0.2) is 0 Å². The quantitative estimate of drug-likeness (QED) is 0.627. The summed E-state index contributed by atoms with van der Waals surface area (Å²) >= 11 is 0. The topological polar surface area (TPSA) is 55.4 Å². The average Bonchev–Trinajstić information content (AvgIpc) is 3.17. The van der Waals surface area contributed by atoms with E-state index in [0.717, 1.165) is 11.3 Å². The molecule has 6 heteroatoms. The van der Waals surface area contributed by atoms with Crippen molar-refractivity contribution in [2.75, 3.05) is 13.7 Å². The summed E-state index contributed by atoms with van der Waals surface area (Å²) in [6, 6.07) is 7.84. The molecule has 0 aliphatic carbocycles. The van der Waals surface area contributed by atoms with Gasteiger partial charge in [0.1, 0.15) is 24.1 Å². The van der Waals surface area contributed by atoms with Gasteiger partial charge in [-0.1, -0.05) is 18.2 Å². The number of methoxy groups -OCH3 is 1. The molecule has 1 aromatic rings. The normalized spacial score (nSPS) is 29.5. The summed E-state index contributed by atoms with van der Waals surface area (Å²) in [5, 5.41) is 0. The van der Waals surface area contributed by atoms with E-state index in [1.807, 2.05) is 58.0 Å². The highest BCUT2D eigenvalue weighted by atomic mass is 16.8. The van der Waals surface area contributed by atoms with Crippen molar-refractivity contribution in [3.05, 3.63) is 42.5 Å². The Bertz CT molecular complexity index is 653. The molecule has 2 heterocycles. The Morgan fingerprint density at radius 1 is 1.11 bits per heavy atom. The highest BCUT2D eigenvalue weighted by Crippen LogP contribution is 2.38. The van der Waals surface area contributed by atoms with Gasteiger partial charge in [0.05, 0.1) is 26.4 Å². The Kier molecular flexibility index (Phi) is 6.47. The third-order valence-corrected chi connectivity index (χ3v) is 4.95. The van der Waals surface area contributed by atoms with Crippen LogP contribution in [0.1, 0.15) is 39.7 Å². The lowest BCUT2D eigenvalue weighted by atomic mass is 10.0. The summed E-state index contributed by atoms with van der Waals surface area (Å²) in [7, 11) is 1.65. The molecule has 2 saturated heterocycles. The molecule has 0 amide bonds. The number of hydrogen-bond donors (Lipinski definition) is 0. The molecule has 28 heavy (non-hydrogen) atoms. The second-order valence-electron chi connectivity index (χ2n) is 8.15. The molecule has 0 N–H and O–H groups in total. The standard InChI is InChI=1S/C22H32O6/c1-7-8-17(24-13-15-9-11-16(23-6)12-10-15)19-20(28-22(4,5)27-19)18-14-25-21(2,3)26-18/h7,9-12,17-20H,1,8,13-14H2,2-6H3/t17-,18-,19-,20-/m1/s1. The van der Waals surface area contributed by atoms with Crippen molar-refractivity contribution in [2.24, 2.45) is 0 Å². The summed E-state index contributed by atoms with van der Waals surface area (Å²) in [4.78, 5) is 0. The minimum Gasteiger partial charge on any atom is -0.497 e. The Morgan fingerprint density at radius 2 is 1.82 bits per heavy atom. The minimum atomic E-state index is -0.714. The molecule has 0 unspecified atom stereocenters. The van der Waals surface area contributed by atoms with Crippen LogP contribution in [0.25, 0.3) is 0 Å². The molecule has 156 valence electrons. The van der Waals surface area contributed by atoms with Gasteiger partial charge >= 0.3 is 0 Å². The summed E-state index contributed by atoms with van der Waals surface area (Å²) in [5.74, 6) is -0.515. The first kappa shape index (κ1) is 21.3. The SMILES string of the molecule is C=CC[C@@H](OCc1ccc(OC)cc1)[C@H]1OC(C)(C)O[C@@H]1[C@H]1COC(C)(C)O1. The van der Waals surface area contributed by atoms with E-state index in [4.69, 9.17) is 28.4 Å². The van der Waals surface area contributed by atoms with Crippen LogP contribution in [-0.4, -0.2) is 49.7 Å². The molecule has 0 radical (unpaired) electrons. The van der Waals surface area contributed by atoms with Crippen molar-refractivity contribution in [1.29, 1.82) is 0 Å². The van der Waals surface area contributed by atoms with Crippen molar-refractivity contribution >= 4 is 0 Å². The van der Waals surface area contributed by atoms with Gasteiger partial charge in [-0.15, -0.1) is 6.58 Å². The number of hydrogen-bond acceptors (Lipinski definition) is 6. The zero-order chi connectivity index (χ0) is 20.4. The van der Waals surface area contributed by atoms with Crippen molar-refractivity contribution in [2.45, 2.75) is 76.7 Å². The maximum atomic E-state index is 6.25. The molecule has 2 aliphatic heterocycles. The molecule has 0 spiro atoms. The predicted molar refractivity (Wildman–Crippen MR) is 105 cm³/mol. The summed E-state index contributed by atoms with van der Waals surface area (Å²) in [6.07, 6.45) is 1.51. The Balaban J connectivity index is 1.71. The van der Waals surface area contributed by atoms with Crippen LogP contribution in [0.5, 0.6) is 5.75 Å². The fourth-order valence-electron chi connectivity index (χ4n) is 3.66. The van der Waals surface area contributed by atoms with E-state index in [1.165, 1.54) is 0 Å². The lowest BCUT2D eigenvalue weighted by Gasteiger charge is -2.29. The molecule has 2 fully saturated rings. The number of ether oxygens (including phenoxy) is 6. The van der Waals surface area contributed by atoms with Gasteiger partial charge in [0, 0.05) is 0 Å². The van der Waals surface area contributed by atoms with E-state index in [2.05, 4.69) is 6.58 Å². The smallest absolute Gasteiger partial charge is 0.164 e. The number of rotatable bonds is 8. The molecule has 2 aliphatic rings. The molecule has 4 atom stereocenters. The van der Waals surface area contributed by atoms with Crippen LogP contribution in [-0.2, 0) is 30.3 Å². The maximum absolute atomic E-state index is 6.25. The Hall–Kier alpha value is -1.44. The van der Waals surface area contributed by atoms with Gasteiger partial charge in [0.25, 0.3) is 0 Å². The van der Waals surface area contributed by atoms with E-state index < -0.39 is 11.6 Å².